The van der Waals surface area contributed by atoms with E-state index < -0.39 is 5.54 Å². The molecule has 134 valence electrons. The Kier molecular flexibility index (Phi) is 6.42. The maximum atomic E-state index is 12.2. The minimum Gasteiger partial charge on any atom is -0.489 e. The standard InChI is InChI=1S/C20H26N2O3/c1-15-16(14-25-17-9-5-4-6-10-17)8-7-11-18(15)21-19(24)22-20(2,3)12-13-23/h4-11,23H,12-14H2,1-3H3,(H2,21,22,24). The average Bonchev–Trinajstić information content (AvgIpc) is 2.56. The molecule has 0 bridgehead atoms. The third kappa shape index (κ3) is 5.80. The molecular weight excluding hydrogens is 316 g/mol. The van der Waals surface area contributed by atoms with Crippen LogP contribution in [0.25, 0.3) is 0 Å². The number of benzene rings is 2. The highest BCUT2D eigenvalue weighted by Crippen LogP contribution is 2.21. The van der Waals surface area contributed by atoms with Crippen molar-refractivity contribution in [2.45, 2.75) is 39.3 Å². The predicted molar refractivity (Wildman–Crippen MR) is 99.9 cm³/mol. The predicted octanol–water partition coefficient (Wildman–Crippen LogP) is 3.86. The normalized spacial score (nSPS) is 11.0. The van der Waals surface area contributed by atoms with Crippen LogP contribution >= 0.6 is 0 Å². The van der Waals surface area contributed by atoms with Crippen LogP contribution in [-0.4, -0.2) is 23.3 Å². The first kappa shape index (κ1) is 18.8. The fourth-order valence-electron chi connectivity index (χ4n) is 2.46. The Morgan fingerprint density at radius 2 is 1.84 bits per heavy atom. The molecule has 0 saturated heterocycles. The van der Waals surface area contributed by atoms with E-state index in [0.717, 1.165) is 22.6 Å². The summed E-state index contributed by atoms with van der Waals surface area (Å²) in [5.74, 6) is 0.809. The minimum atomic E-state index is -0.471. The summed E-state index contributed by atoms with van der Waals surface area (Å²) >= 11 is 0. The quantitative estimate of drug-likeness (QED) is 0.715. The second kappa shape index (κ2) is 8.53. The van der Waals surface area contributed by atoms with Gasteiger partial charge in [-0.15, -0.1) is 0 Å². The molecule has 0 aliphatic heterocycles. The molecule has 3 N–H and O–H groups in total. The van der Waals surface area contributed by atoms with Crippen molar-refractivity contribution in [3.8, 4) is 5.75 Å². The number of carbonyl (C=O) groups is 1. The number of ether oxygens (including phenoxy) is 1. The highest BCUT2D eigenvalue weighted by molar-refractivity contribution is 5.90. The number of carbonyl (C=O) groups excluding carboxylic acids is 1. The Hall–Kier alpha value is -2.53. The molecule has 2 amide bonds. The van der Waals surface area contributed by atoms with Crippen LogP contribution in [-0.2, 0) is 6.61 Å². The molecule has 0 aliphatic rings. The van der Waals surface area contributed by atoms with Crippen molar-refractivity contribution in [1.82, 2.24) is 5.32 Å². The Bertz CT molecular complexity index is 699. The van der Waals surface area contributed by atoms with E-state index >= 15 is 0 Å². The van der Waals surface area contributed by atoms with Gasteiger partial charge in [0.05, 0.1) is 0 Å². The first-order valence-electron chi connectivity index (χ1n) is 8.37. The van der Waals surface area contributed by atoms with Gasteiger partial charge in [0.15, 0.2) is 0 Å². The fourth-order valence-corrected chi connectivity index (χ4v) is 2.46. The topological polar surface area (TPSA) is 70.6 Å². The number of aliphatic hydroxyl groups is 1. The number of hydrogen-bond acceptors (Lipinski definition) is 3. The maximum Gasteiger partial charge on any atom is 0.319 e. The van der Waals surface area contributed by atoms with E-state index in [1.165, 1.54) is 0 Å². The zero-order valence-corrected chi connectivity index (χ0v) is 15.0. The number of anilines is 1. The molecule has 0 aromatic heterocycles. The Morgan fingerprint density at radius 1 is 1.12 bits per heavy atom. The summed E-state index contributed by atoms with van der Waals surface area (Å²) in [6.07, 6.45) is 0.490. The molecule has 0 atom stereocenters. The zero-order valence-electron chi connectivity index (χ0n) is 15.0. The largest absolute Gasteiger partial charge is 0.489 e. The molecule has 2 aromatic carbocycles. The maximum absolute atomic E-state index is 12.2. The average molecular weight is 342 g/mol. The van der Waals surface area contributed by atoms with E-state index in [2.05, 4.69) is 10.6 Å². The van der Waals surface area contributed by atoms with Crippen LogP contribution in [0.1, 0.15) is 31.4 Å². The Balaban J connectivity index is 2.01. The van der Waals surface area contributed by atoms with Crippen molar-refractivity contribution in [3.05, 3.63) is 59.7 Å². The van der Waals surface area contributed by atoms with Crippen LogP contribution in [0.2, 0.25) is 0 Å². The van der Waals surface area contributed by atoms with Gasteiger partial charge >= 0.3 is 6.03 Å². The summed E-state index contributed by atoms with van der Waals surface area (Å²) in [6.45, 7) is 6.17. The molecule has 0 fully saturated rings. The lowest BCUT2D eigenvalue weighted by Crippen LogP contribution is -2.46. The van der Waals surface area contributed by atoms with Gasteiger partial charge in [-0.2, -0.15) is 0 Å². The van der Waals surface area contributed by atoms with Crippen molar-refractivity contribution >= 4 is 11.7 Å². The molecule has 25 heavy (non-hydrogen) atoms. The Labute approximate surface area is 149 Å². The van der Waals surface area contributed by atoms with Gasteiger partial charge in [-0.1, -0.05) is 30.3 Å². The molecule has 5 heteroatoms. The highest BCUT2D eigenvalue weighted by atomic mass is 16.5. The SMILES string of the molecule is Cc1c(COc2ccccc2)cccc1NC(=O)NC(C)(C)CCO. The van der Waals surface area contributed by atoms with Gasteiger partial charge in [0, 0.05) is 17.8 Å². The number of nitrogens with one attached hydrogen (secondary N) is 2. The fraction of sp³-hybridized carbons (Fsp3) is 0.350. The van der Waals surface area contributed by atoms with E-state index in [9.17, 15) is 4.79 Å². The minimum absolute atomic E-state index is 0.0264. The number of para-hydroxylation sites is 1. The van der Waals surface area contributed by atoms with Crippen molar-refractivity contribution in [3.63, 3.8) is 0 Å². The van der Waals surface area contributed by atoms with Crippen molar-refractivity contribution < 1.29 is 14.6 Å². The first-order valence-corrected chi connectivity index (χ1v) is 8.37. The molecule has 0 aliphatic carbocycles. The van der Waals surface area contributed by atoms with Crippen LogP contribution < -0.4 is 15.4 Å². The summed E-state index contributed by atoms with van der Waals surface area (Å²) in [7, 11) is 0. The van der Waals surface area contributed by atoms with Gasteiger partial charge in [-0.3, -0.25) is 0 Å². The number of aliphatic hydroxyl groups excluding tert-OH is 1. The van der Waals surface area contributed by atoms with Gasteiger partial charge < -0.3 is 20.5 Å². The second-order valence-corrected chi connectivity index (χ2v) is 6.63. The van der Waals surface area contributed by atoms with Crippen molar-refractivity contribution in [1.29, 1.82) is 0 Å². The van der Waals surface area contributed by atoms with Crippen molar-refractivity contribution in [2.24, 2.45) is 0 Å². The molecule has 2 rings (SSSR count). The second-order valence-electron chi connectivity index (χ2n) is 6.63. The smallest absolute Gasteiger partial charge is 0.319 e. The first-order chi connectivity index (χ1) is 11.9. The molecule has 2 aromatic rings. The van der Waals surface area contributed by atoms with Crippen LogP contribution in [0.5, 0.6) is 5.75 Å². The molecule has 0 saturated carbocycles. The molecular formula is C20H26N2O3. The number of urea groups is 1. The molecule has 0 radical (unpaired) electrons. The van der Waals surface area contributed by atoms with Crippen LogP contribution in [0, 0.1) is 6.92 Å². The van der Waals surface area contributed by atoms with Crippen LogP contribution in [0.3, 0.4) is 0 Å². The summed E-state index contributed by atoms with van der Waals surface area (Å²) in [5.41, 5.74) is 2.25. The lowest BCUT2D eigenvalue weighted by atomic mass is 10.0. The number of hydrogen-bond donors (Lipinski definition) is 3. The Morgan fingerprint density at radius 3 is 2.52 bits per heavy atom. The number of rotatable bonds is 7. The molecule has 0 spiro atoms. The zero-order chi connectivity index (χ0) is 18.3. The summed E-state index contributed by atoms with van der Waals surface area (Å²) in [5, 5.41) is 14.8. The van der Waals surface area contributed by atoms with E-state index in [-0.39, 0.29) is 12.6 Å². The van der Waals surface area contributed by atoms with Crippen LogP contribution in [0.4, 0.5) is 10.5 Å². The van der Waals surface area contributed by atoms with E-state index in [4.69, 9.17) is 9.84 Å². The lowest BCUT2D eigenvalue weighted by molar-refractivity contribution is 0.218. The summed E-state index contributed by atoms with van der Waals surface area (Å²) in [6, 6.07) is 15.1. The van der Waals surface area contributed by atoms with Gasteiger partial charge in [-0.05, 0) is 56.5 Å². The van der Waals surface area contributed by atoms with Gasteiger partial charge in [-0.25, -0.2) is 4.79 Å². The molecule has 5 nitrogen and oxygen atoms in total. The van der Waals surface area contributed by atoms with Crippen molar-refractivity contribution in [2.75, 3.05) is 11.9 Å². The third-order valence-electron chi connectivity index (χ3n) is 4.02. The molecule has 0 unspecified atom stereocenters. The van der Waals surface area contributed by atoms with E-state index in [0.29, 0.717) is 13.0 Å². The molecule has 0 heterocycles. The summed E-state index contributed by atoms with van der Waals surface area (Å²) < 4.78 is 5.79. The summed E-state index contributed by atoms with van der Waals surface area (Å²) in [4.78, 5) is 12.2. The number of amides is 2. The van der Waals surface area contributed by atoms with Gasteiger partial charge in [0.1, 0.15) is 12.4 Å². The highest BCUT2D eigenvalue weighted by Gasteiger charge is 2.20. The van der Waals surface area contributed by atoms with Gasteiger partial charge in [0.25, 0.3) is 0 Å². The van der Waals surface area contributed by atoms with Crippen LogP contribution in [0.15, 0.2) is 48.5 Å². The monoisotopic (exact) mass is 342 g/mol. The van der Waals surface area contributed by atoms with Gasteiger partial charge in [0.2, 0.25) is 0 Å². The lowest BCUT2D eigenvalue weighted by Gasteiger charge is -2.25. The van der Waals surface area contributed by atoms with E-state index in [1.807, 2.05) is 69.3 Å². The third-order valence-corrected chi connectivity index (χ3v) is 4.02. The van der Waals surface area contributed by atoms with E-state index in [1.54, 1.807) is 0 Å².